The summed E-state index contributed by atoms with van der Waals surface area (Å²) < 4.78 is 12.9. The molecular formula is C16H26FN3. The van der Waals surface area contributed by atoms with E-state index in [-0.39, 0.29) is 11.4 Å². The van der Waals surface area contributed by atoms with Gasteiger partial charge in [0.1, 0.15) is 5.82 Å². The van der Waals surface area contributed by atoms with Gasteiger partial charge in [-0.2, -0.15) is 0 Å². The van der Waals surface area contributed by atoms with Crippen molar-refractivity contribution in [2.75, 3.05) is 37.6 Å². The van der Waals surface area contributed by atoms with Gasteiger partial charge in [0.25, 0.3) is 0 Å². The summed E-state index contributed by atoms with van der Waals surface area (Å²) >= 11 is 0. The number of halogens is 1. The van der Waals surface area contributed by atoms with E-state index in [4.69, 9.17) is 5.73 Å². The predicted octanol–water partition coefficient (Wildman–Crippen LogP) is 2.47. The van der Waals surface area contributed by atoms with Crippen LogP contribution >= 0.6 is 0 Å². The van der Waals surface area contributed by atoms with E-state index < -0.39 is 0 Å². The van der Waals surface area contributed by atoms with Gasteiger partial charge in [-0.25, -0.2) is 4.39 Å². The summed E-state index contributed by atoms with van der Waals surface area (Å²) in [7, 11) is 0. The number of benzene rings is 1. The maximum atomic E-state index is 12.9. The van der Waals surface area contributed by atoms with Crippen LogP contribution in [0.4, 0.5) is 10.1 Å². The van der Waals surface area contributed by atoms with Crippen LogP contribution in [0.15, 0.2) is 24.3 Å². The molecule has 0 spiro atoms. The van der Waals surface area contributed by atoms with Crippen molar-refractivity contribution < 1.29 is 4.39 Å². The van der Waals surface area contributed by atoms with Crippen LogP contribution in [-0.2, 0) is 0 Å². The van der Waals surface area contributed by atoms with Gasteiger partial charge in [-0.15, -0.1) is 0 Å². The molecule has 112 valence electrons. The van der Waals surface area contributed by atoms with Crippen LogP contribution in [0.25, 0.3) is 0 Å². The third-order valence-electron chi connectivity index (χ3n) is 4.51. The van der Waals surface area contributed by atoms with Crippen LogP contribution in [0.3, 0.4) is 0 Å². The van der Waals surface area contributed by atoms with Crippen molar-refractivity contribution in [2.24, 2.45) is 5.73 Å². The zero-order chi connectivity index (χ0) is 14.6. The lowest BCUT2D eigenvalue weighted by molar-refractivity contribution is 0.190. The van der Waals surface area contributed by atoms with Gasteiger partial charge in [-0.05, 0) is 37.1 Å². The van der Waals surface area contributed by atoms with Crippen molar-refractivity contribution in [2.45, 2.75) is 32.2 Å². The highest BCUT2D eigenvalue weighted by atomic mass is 19.1. The highest BCUT2D eigenvalue weighted by Crippen LogP contribution is 2.19. The second kappa shape index (κ2) is 6.55. The van der Waals surface area contributed by atoms with Gasteiger partial charge in [0.15, 0.2) is 0 Å². The minimum absolute atomic E-state index is 0.0575. The number of piperazine rings is 1. The fraction of sp³-hybridized carbons (Fsp3) is 0.625. The molecule has 20 heavy (non-hydrogen) atoms. The molecule has 0 bridgehead atoms. The molecule has 0 aliphatic carbocycles. The molecule has 2 N–H and O–H groups in total. The van der Waals surface area contributed by atoms with Crippen molar-refractivity contribution in [1.29, 1.82) is 0 Å². The second-order valence-corrected chi connectivity index (χ2v) is 5.81. The number of hydrogen-bond donors (Lipinski definition) is 1. The van der Waals surface area contributed by atoms with E-state index >= 15 is 0 Å². The normalized spacial score (nSPS) is 17.5. The van der Waals surface area contributed by atoms with E-state index in [0.29, 0.717) is 0 Å². The molecule has 0 unspecified atom stereocenters. The summed E-state index contributed by atoms with van der Waals surface area (Å²) in [5, 5.41) is 0. The van der Waals surface area contributed by atoms with Crippen LogP contribution in [0.5, 0.6) is 0 Å². The lowest BCUT2D eigenvalue weighted by Gasteiger charge is -2.40. The molecule has 1 aliphatic rings. The van der Waals surface area contributed by atoms with Crippen molar-refractivity contribution in [1.82, 2.24) is 4.90 Å². The number of anilines is 1. The molecule has 0 amide bonds. The number of rotatable bonds is 5. The smallest absolute Gasteiger partial charge is 0.123 e. The monoisotopic (exact) mass is 279 g/mol. The van der Waals surface area contributed by atoms with Gasteiger partial charge in [0.2, 0.25) is 0 Å². The molecule has 0 aromatic heterocycles. The Balaban J connectivity index is 1.87. The van der Waals surface area contributed by atoms with E-state index in [1.165, 1.54) is 12.1 Å². The summed E-state index contributed by atoms with van der Waals surface area (Å²) in [6.45, 7) is 9.31. The molecular weight excluding hydrogens is 253 g/mol. The van der Waals surface area contributed by atoms with Crippen LogP contribution in [0.2, 0.25) is 0 Å². The molecule has 1 fully saturated rings. The lowest BCUT2D eigenvalue weighted by Crippen LogP contribution is -2.55. The average molecular weight is 279 g/mol. The van der Waals surface area contributed by atoms with E-state index in [9.17, 15) is 4.39 Å². The SMILES string of the molecule is CCC(N)(CC)CN1CCN(c2ccc(F)cc2)CC1. The van der Waals surface area contributed by atoms with Gasteiger partial charge in [0, 0.05) is 44.0 Å². The first-order valence-corrected chi connectivity index (χ1v) is 7.58. The molecule has 2 rings (SSSR count). The minimum Gasteiger partial charge on any atom is -0.369 e. The second-order valence-electron chi connectivity index (χ2n) is 5.81. The summed E-state index contributed by atoms with van der Waals surface area (Å²) in [6, 6.07) is 6.77. The first kappa shape index (κ1) is 15.3. The fourth-order valence-electron chi connectivity index (χ4n) is 2.74. The summed E-state index contributed by atoms with van der Waals surface area (Å²) in [4.78, 5) is 4.76. The van der Waals surface area contributed by atoms with Crippen LogP contribution in [-0.4, -0.2) is 43.2 Å². The predicted molar refractivity (Wildman–Crippen MR) is 82.6 cm³/mol. The highest BCUT2D eigenvalue weighted by Gasteiger charge is 2.26. The quantitative estimate of drug-likeness (QED) is 0.898. The molecule has 1 aromatic rings. The highest BCUT2D eigenvalue weighted by molar-refractivity contribution is 5.46. The third kappa shape index (κ3) is 3.70. The standard InChI is InChI=1S/C16H26FN3/c1-3-16(18,4-2)13-19-9-11-20(12-10-19)15-7-5-14(17)6-8-15/h5-8H,3-4,9-13,18H2,1-2H3. The molecule has 1 aromatic carbocycles. The first-order chi connectivity index (χ1) is 9.56. The summed E-state index contributed by atoms with van der Waals surface area (Å²) in [5.74, 6) is -0.175. The van der Waals surface area contributed by atoms with E-state index in [0.717, 1.165) is 51.3 Å². The number of nitrogens with zero attached hydrogens (tertiary/aromatic N) is 2. The average Bonchev–Trinajstić information content (AvgIpc) is 2.49. The van der Waals surface area contributed by atoms with E-state index in [1.807, 2.05) is 12.1 Å². The van der Waals surface area contributed by atoms with Crippen LogP contribution in [0, 0.1) is 5.82 Å². The van der Waals surface area contributed by atoms with E-state index in [2.05, 4.69) is 23.6 Å². The Morgan fingerprint density at radius 3 is 2.10 bits per heavy atom. The number of hydrogen-bond acceptors (Lipinski definition) is 3. The van der Waals surface area contributed by atoms with Crippen molar-refractivity contribution in [3.63, 3.8) is 0 Å². The largest absolute Gasteiger partial charge is 0.369 e. The molecule has 0 radical (unpaired) electrons. The van der Waals surface area contributed by atoms with Crippen molar-refractivity contribution in [3.05, 3.63) is 30.1 Å². The fourth-order valence-corrected chi connectivity index (χ4v) is 2.74. The minimum atomic E-state index is -0.175. The Labute approximate surface area is 121 Å². The Morgan fingerprint density at radius 2 is 1.60 bits per heavy atom. The van der Waals surface area contributed by atoms with Gasteiger partial charge in [-0.1, -0.05) is 13.8 Å². The summed E-state index contributed by atoms with van der Waals surface area (Å²) in [5.41, 5.74) is 7.44. The van der Waals surface area contributed by atoms with Gasteiger partial charge < -0.3 is 10.6 Å². The molecule has 1 aliphatic heterocycles. The molecule has 3 nitrogen and oxygen atoms in total. The Morgan fingerprint density at radius 1 is 1.05 bits per heavy atom. The van der Waals surface area contributed by atoms with Gasteiger partial charge in [0.05, 0.1) is 0 Å². The zero-order valence-corrected chi connectivity index (χ0v) is 12.6. The van der Waals surface area contributed by atoms with Gasteiger partial charge >= 0.3 is 0 Å². The Bertz CT molecular complexity index is 406. The maximum absolute atomic E-state index is 12.9. The van der Waals surface area contributed by atoms with Crippen molar-refractivity contribution in [3.8, 4) is 0 Å². The molecule has 4 heteroatoms. The van der Waals surface area contributed by atoms with Crippen LogP contribution in [0.1, 0.15) is 26.7 Å². The molecule has 0 atom stereocenters. The zero-order valence-electron chi connectivity index (χ0n) is 12.6. The van der Waals surface area contributed by atoms with Crippen molar-refractivity contribution >= 4 is 5.69 Å². The molecule has 1 saturated heterocycles. The molecule has 0 saturated carbocycles. The number of nitrogens with two attached hydrogens (primary N) is 1. The van der Waals surface area contributed by atoms with Crippen LogP contribution < -0.4 is 10.6 Å². The summed E-state index contributed by atoms with van der Waals surface area (Å²) in [6.07, 6.45) is 2.03. The van der Waals surface area contributed by atoms with Gasteiger partial charge in [-0.3, -0.25) is 4.90 Å². The third-order valence-corrected chi connectivity index (χ3v) is 4.51. The first-order valence-electron chi connectivity index (χ1n) is 7.58. The van der Waals surface area contributed by atoms with E-state index in [1.54, 1.807) is 0 Å². The Hall–Kier alpha value is -1.13. The topological polar surface area (TPSA) is 32.5 Å². The molecule has 1 heterocycles. The Kier molecular flexibility index (Phi) is 5.00. The maximum Gasteiger partial charge on any atom is 0.123 e. The lowest BCUT2D eigenvalue weighted by atomic mass is 9.93.